The van der Waals surface area contributed by atoms with E-state index in [9.17, 15) is 12.8 Å². The van der Waals surface area contributed by atoms with Crippen LogP contribution in [0.15, 0.2) is 47.5 Å². The molecule has 2 rings (SSSR count). The maximum atomic E-state index is 13.0. The van der Waals surface area contributed by atoms with Gasteiger partial charge in [0.2, 0.25) is 0 Å². The molecular formula is C11H8ClFN2O2S. The number of benzene rings is 1. The van der Waals surface area contributed by atoms with Gasteiger partial charge in [-0.2, -0.15) is 0 Å². The van der Waals surface area contributed by atoms with Crippen LogP contribution in [-0.4, -0.2) is 13.4 Å². The Hall–Kier alpha value is -1.66. The molecule has 0 aliphatic carbocycles. The third-order valence-corrected chi connectivity index (χ3v) is 3.75. The molecule has 0 bridgehead atoms. The van der Waals surface area contributed by atoms with Crippen LogP contribution >= 0.6 is 11.6 Å². The van der Waals surface area contributed by atoms with E-state index in [4.69, 9.17) is 11.6 Å². The number of sulfonamides is 1. The van der Waals surface area contributed by atoms with Gasteiger partial charge in [0.1, 0.15) is 11.6 Å². The monoisotopic (exact) mass is 286 g/mol. The zero-order valence-corrected chi connectivity index (χ0v) is 10.5. The predicted molar refractivity (Wildman–Crippen MR) is 66.5 cm³/mol. The smallest absolute Gasteiger partial charge is 0.263 e. The molecule has 1 N–H and O–H groups in total. The molecule has 18 heavy (non-hydrogen) atoms. The second kappa shape index (κ2) is 4.91. The van der Waals surface area contributed by atoms with Crippen LogP contribution < -0.4 is 4.72 Å². The highest BCUT2D eigenvalue weighted by Crippen LogP contribution is 2.20. The summed E-state index contributed by atoms with van der Waals surface area (Å²) in [5.74, 6) is -0.494. The van der Waals surface area contributed by atoms with Crippen LogP contribution in [0, 0.1) is 5.82 Å². The number of aromatic nitrogens is 1. The lowest BCUT2D eigenvalue weighted by atomic mass is 10.3. The number of nitrogens with one attached hydrogen (secondary N) is 1. The van der Waals surface area contributed by atoms with Gasteiger partial charge in [-0.3, -0.25) is 4.72 Å². The molecule has 0 unspecified atom stereocenters. The van der Waals surface area contributed by atoms with E-state index in [1.807, 2.05) is 0 Å². The van der Waals surface area contributed by atoms with Gasteiger partial charge in [0.05, 0.1) is 9.92 Å². The number of hydrogen-bond donors (Lipinski definition) is 1. The van der Waals surface area contributed by atoms with Crippen molar-refractivity contribution in [1.29, 1.82) is 0 Å². The first-order chi connectivity index (χ1) is 8.49. The van der Waals surface area contributed by atoms with Crippen molar-refractivity contribution in [2.45, 2.75) is 4.90 Å². The average Bonchev–Trinajstić information content (AvgIpc) is 2.33. The first-order valence-corrected chi connectivity index (χ1v) is 6.74. The molecule has 0 fully saturated rings. The van der Waals surface area contributed by atoms with Crippen molar-refractivity contribution < 1.29 is 12.8 Å². The van der Waals surface area contributed by atoms with E-state index in [-0.39, 0.29) is 15.7 Å². The minimum atomic E-state index is -3.82. The topological polar surface area (TPSA) is 59.1 Å². The lowest BCUT2D eigenvalue weighted by Gasteiger charge is -2.07. The van der Waals surface area contributed by atoms with Crippen LogP contribution in [0.2, 0.25) is 5.02 Å². The molecule has 0 aliphatic heterocycles. The second-order valence-corrected chi connectivity index (χ2v) is 5.49. The van der Waals surface area contributed by atoms with Gasteiger partial charge in [-0.05, 0) is 30.3 Å². The van der Waals surface area contributed by atoms with Gasteiger partial charge in [-0.1, -0.05) is 17.7 Å². The van der Waals surface area contributed by atoms with Gasteiger partial charge in [-0.15, -0.1) is 0 Å². The van der Waals surface area contributed by atoms with E-state index >= 15 is 0 Å². The normalized spacial score (nSPS) is 11.2. The molecule has 7 heteroatoms. The van der Waals surface area contributed by atoms with Crippen molar-refractivity contribution in [2.75, 3.05) is 4.72 Å². The van der Waals surface area contributed by atoms with Gasteiger partial charge >= 0.3 is 0 Å². The standard InChI is InChI=1S/C11H8ClFN2O2S/c12-9-7-8(4-5-10(9)13)18(16,17)15-11-3-1-2-6-14-11/h1-7H,(H,14,15). The fourth-order valence-corrected chi connectivity index (χ4v) is 2.54. The Labute approximate surface area is 108 Å². The molecule has 0 amide bonds. The van der Waals surface area contributed by atoms with Crippen molar-refractivity contribution in [2.24, 2.45) is 0 Å². The molecule has 2 aromatic rings. The molecule has 1 aromatic carbocycles. The highest BCUT2D eigenvalue weighted by atomic mass is 35.5. The maximum Gasteiger partial charge on any atom is 0.263 e. The number of nitrogens with zero attached hydrogens (tertiary/aromatic N) is 1. The summed E-state index contributed by atoms with van der Waals surface area (Å²) in [5, 5.41) is -0.251. The SMILES string of the molecule is O=S(=O)(Nc1ccccn1)c1ccc(F)c(Cl)c1. The van der Waals surface area contributed by atoms with Gasteiger partial charge < -0.3 is 0 Å². The van der Waals surface area contributed by atoms with Crippen LogP contribution in [0.25, 0.3) is 0 Å². The molecule has 1 heterocycles. The fourth-order valence-electron chi connectivity index (χ4n) is 1.26. The van der Waals surface area contributed by atoms with Crippen molar-refractivity contribution in [3.8, 4) is 0 Å². The molecule has 0 saturated carbocycles. The van der Waals surface area contributed by atoms with Crippen molar-refractivity contribution in [3.63, 3.8) is 0 Å². The van der Waals surface area contributed by atoms with Crippen LogP contribution in [0.3, 0.4) is 0 Å². The Balaban J connectivity index is 2.34. The summed E-state index contributed by atoms with van der Waals surface area (Å²) in [6.45, 7) is 0. The van der Waals surface area contributed by atoms with Crippen molar-refractivity contribution in [3.05, 3.63) is 53.4 Å². The molecule has 0 radical (unpaired) electrons. The van der Waals surface area contributed by atoms with Gasteiger partial charge in [-0.25, -0.2) is 17.8 Å². The first kappa shape index (κ1) is 12.8. The van der Waals surface area contributed by atoms with E-state index in [0.29, 0.717) is 0 Å². The Bertz CT molecular complexity index is 662. The minimum Gasteiger partial charge on any atom is -0.263 e. The van der Waals surface area contributed by atoms with E-state index in [1.54, 1.807) is 12.1 Å². The summed E-state index contributed by atoms with van der Waals surface area (Å²) in [6, 6.07) is 7.97. The Kier molecular flexibility index (Phi) is 3.49. The number of pyridine rings is 1. The zero-order chi connectivity index (χ0) is 13.2. The Morgan fingerprint density at radius 2 is 2.00 bits per heavy atom. The lowest BCUT2D eigenvalue weighted by molar-refractivity contribution is 0.599. The third-order valence-electron chi connectivity index (χ3n) is 2.11. The summed E-state index contributed by atoms with van der Waals surface area (Å²) >= 11 is 5.54. The molecule has 0 saturated heterocycles. The molecule has 0 aliphatic rings. The van der Waals surface area contributed by atoms with Crippen LogP contribution in [0.1, 0.15) is 0 Å². The number of halogens is 2. The van der Waals surface area contributed by atoms with E-state index < -0.39 is 15.8 Å². The summed E-state index contributed by atoms with van der Waals surface area (Å²) < 4.78 is 39.1. The van der Waals surface area contributed by atoms with E-state index in [2.05, 4.69) is 9.71 Å². The summed E-state index contributed by atoms with van der Waals surface area (Å²) in [5.41, 5.74) is 0. The van der Waals surface area contributed by atoms with Crippen molar-refractivity contribution >= 4 is 27.4 Å². The van der Waals surface area contributed by atoms with Gasteiger partial charge in [0.15, 0.2) is 0 Å². The summed E-state index contributed by atoms with van der Waals surface area (Å²) in [4.78, 5) is 3.71. The predicted octanol–water partition coefficient (Wildman–Crippen LogP) is 2.67. The fraction of sp³-hybridized carbons (Fsp3) is 0. The summed E-state index contributed by atoms with van der Waals surface area (Å²) in [6.07, 6.45) is 1.45. The van der Waals surface area contributed by atoms with Crippen LogP contribution in [-0.2, 0) is 10.0 Å². The van der Waals surface area contributed by atoms with E-state index in [1.165, 1.54) is 12.3 Å². The number of anilines is 1. The highest BCUT2D eigenvalue weighted by Gasteiger charge is 2.16. The van der Waals surface area contributed by atoms with Crippen LogP contribution in [0.4, 0.5) is 10.2 Å². The first-order valence-electron chi connectivity index (χ1n) is 4.88. The van der Waals surface area contributed by atoms with Crippen LogP contribution in [0.5, 0.6) is 0 Å². The highest BCUT2D eigenvalue weighted by molar-refractivity contribution is 7.92. The maximum absolute atomic E-state index is 13.0. The molecule has 0 spiro atoms. The summed E-state index contributed by atoms with van der Waals surface area (Å²) in [7, 11) is -3.82. The lowest BCUT2D eigenvalue weighted by Crippen LogP contribution is -2.13. The third kappa shape index (κ3) is 2.77. The molecule has 4 nitrogen and oxygen atoms in total. The van der Waals surface area contributed by atoms with E-state index in [0.717, 1.165) is 18.2 Å². The number of hydrogen-bond acceptors (Lipinski definition) is 3. The molecule has 94 valence electrons. The zero-order valence-electron chi connectivity index (χ0n) is 8.97. The second-order valence-electron chi connectivity index (χ2n) is 3.40. The Morgan fingerprint density at radius 3 is 2.61 bits per heavy atom. The molecular weight excluding hydrogens is 279 g/mol. The average molecular weight is 287 g/mol. The largest absolute Gasteiger partial charge is 0.263 e. The van der Waals surface area contributed by atoms with Crippen molar-refractivity contribution in [1.82, 2.24) is 4.98 Å². The van der Waals surface area contributed by atoms with Gasteiger partial charge in [0, 0.05) is 6.20 Å². The number of rotatable bonds is 3. The van der Waals surface area contributed by atoms with Gasteiger partial charge in [0.25, 0.3) is 10.0 Å². The quantitative estimate of drug-likeness (QED) is 0.944. The minimum absolute atomic E-state index is 0.125. The Morgan fingerprint density at radius 1 is 1.22 bits per heavy atom. The molecule has 0 atom stereocenters. The molecule has 1 aromatic heterocycles.